The second-order valence-electron chi connectivity index (χ2n) is 34.5. The van der Waals surface area contributed by atoms with E-state index in [9.17, 15) is 92.0 Å². The van der Waals surface area contributed by atoms with Gasteiger partial charge in [0.05, 0.1) is 13.0 Å². The number of aromatic hydroxyl groups is 1. The van der Waals surface area contributed by atoms with Gasteiger partial charge in [-0.05, 0) is 166 Å². The molecule has 0 fully saturated rings. The fourth-order valence-corrected chi connectivity index (χ4v) is 12.7. The number of unbranched alkanes of at least 4 members (excludes halogenated alkanes) is 1. The summed E-state index contributed by atoms with van der Waals surface area (Å²) in [6, 6.07) is -3.35. The number of carbonyl (C=O) groups excluding carboxylic acids is 15. The summed E-state index contributed by atoms with van der Waals surface area (Å²) in [5.41, 5.74) is 21.4. The Morgan fingerprint density at radius 1 is 0.419 bits per heavy atom. The largest absolute Gasteiger partial charge is 0.508 e. The minimum Gasteiger partial charge on any atom is -0.508 e. The molecule has 0 aliphatic carbocycles. The number of nitrogens with one attached hydrogen (secondary N) is 18. The van der Waals surface area contributed by atoms with E-state index in [1.807, 2.05) is 0 Å². The number of carbonyl (C=O) groups is 16. The summed E-state index contributed by atoms with van der Waals surface area (Å²) in [5, 5.41) is 87.3. The van der Waals surface area contributed by atoms with Crippen LogP contribution in [0.5, 0.6) is 5.75 Å². The van der Waals surface area contributed by atoms with Crippen LogP contribution in [0.2, 0.25) is 0 Å². The van der Waals surface area contributed by atoms with Crippen molar-refractivity contribution in [1.82, 2.24) is 85.1 Å². The number of ether oxygens (including phenoxy) is 2. The zero-order valence-electron chi connectivity index (χ0n) is 76.6. The predicted octanol–water partition coefficient (Wildman–Crippen LogP) is -0.827. The molecule has 0 spiro atoms. The molecule has 13 atom stereocenters. The number of benzene rings is 2. The molecule has 0 bridgehead atoms. The van der Waals surface area contributed by atoms with Crippen LogP contribution in [0.1, 0.15) is 198 Å². The van der Waals surface area contributed by atoms with Crippen molar-refractivity contribution in [3.05, 3.63) is 77.9 Å². The number of amides is 15. The highest BCUT2D eigenvalue weighted by molar-refractivity contribution is 6.00. The Balaban J connectivity index is 2.40. The van der Waals surface area contributed by atoms with Crippen LogP contribution in [-0.2, 0) is 89.4 Å². The van der Waals surface area contributed by atoms with Gasteiger partial charge in [0, 0.05) is 45.4 Å². The minimum absolute atomic E-state index is 0.0164. The van der Waals surface area contributed by atoms with Crippen LogP contribution in [0.25, 0.3) is 0 Å². The maximum atomic E-state index is 14.9. The zero-order valence-corrected chi connectivity index (χ0v) is 76.6. The van der Waals surface area contributed by atoms with E-state index in [-0.39, 0.29) is 127 Å². The van der Waals surface area contributed by atoms with Crippen molar-refractivity contribution in [2.75, 3.05) is 39.3 Å². The molecule has 0 heterocycles. The number of carboxylic acid groups (broad SMARTS) is 1. The molecule has 2 aromatic rings. The summed E-state index contributed by atoms with van der Waals surface area (Å²) >= 11 is 0. The number of nitrogens with two attached hydrogens (primary N) is 4. The number of phenolic OH excluding ortho intramolecular Hbond substituents is 1. The van der Waals surface area contributed by atoms with Crippen LogP contribution in [0.15, 0.2) is 66.7 Å². The number of phenols is 1. The number of guanidine groups is 2. The van der Waals surface area contributed by atoms with Gasteiger partial charge in [-0.2, -0.15) is 0 Å². The van der Waals surface area contributed by atoms with Crippen molar-refractivity contribution in [2.45, 2.75) is 283 Å². The molecule has 15 amide bonds. The third-order valence-electron chi connectivity index (χ3n) is 19.6. The molecule has 2 aromatic carbocycles. The third kappa shape index (κ3) is 46.7. The first-order valence-corrected chi connectivity index (χ1v) is 43.5. The van der Waals surface area contributed by atoms with E-state index in [0.29, 0.717) is 30.5 Å². The number of rotatable bonds is 58. The second kappa shape index (κ2) is 58.1. The molecule has 0 saturated heterocycles. The summed E-state index contributed by atoms with van der Waals surface area (Å²) in [7, 11) is 0. The van der Waals surface area contributed by atoms with Gasteiger partial charge in [-0.3, -0.25) is 77.9 Å². The number of primary amides is 1. The molecule has 129 heavy (non-hydrogen) atoms. The molecule has 0 aromatic heterocycles. The molecule has 2 rings (SSSR count). The molecule has 0 saturated carbocycles. The van der Waals surface area contributed by atoms with E-state index in [1.54, 1.807) is 139 Å². The molecule has 29 N–H and O–H groups in total. The molecule has 0 aliphatic heterocycles. The summed E-state index contributed by atoms with van der Waals surface area (Å²) in [6.45, 7) is 22.6. The van der Waals surface area contributed by atoms with Crippen molar-refractivity contribution < 1.29 is 102 Å². The maximum absolute atomic E-state index is 14.9. The Kier molecular flexibility index (Phi) is 50.7. The van der Waals surface area contributed by atoms with Crippen molar-refractivity contribution >= 4 is 107 Å². The highest BCUT2D eigenvalue weighted by Gasteiger charge is 2.40. The van der Waals surface area contributed by atoms with Gasteiger partial charge in [0.15, 0.2) is 11.9 Å². The number of hydrogen-bond acceptors (Lipinski definition) is 23. The van der Waals surface area contributed by atoms with Crippen LogP contribution in [-0.4, -0.2) is 245 Å². The quantitative estimate of drug-likeness (QED) is 0.0166. The molecule has 0 aliphatic rings. The molecule has 43 heteroatoms. The molecular weight excluding hydrogens is 1680 g/mol. The Labute approximate surface area is 754 Å². The standard InChI is InChI=1S/C86H142N22O21/c1-15-51(8)68(108-76(121)61(44-52-27-19-18-20-28-52)101-75(120)62(46-65(112)113)102-77(122)63(47-109)105-84(127)129-86(12,13)14)80(125)99-58(36-37-64(88)111)72(117)106-66(49(4)5)78(123)94-40-24-17-16-23-39-93-69(114)55(30-25-41-95-81(89)90)97-70(115)56(31-26-42-96-82(91)92)98-74(119)60(45-53-32-34-54(110)35-33-53)100-73(118)59(43-48(2)3)103-79(124)67(50(6)7)107-71(116)57(29-21-22-38-87)104-83(126)128-85(9,10)11/h16-20,27-28,32-35,48-51,55-63,66-68,109-110H,15,21-26,29-31,36-47,87H2,1-14H3,(H2,88,111)(H,93,114)(H,94,123)(H,97,115)(H,98,119)(H,99,125)(H,100,118)(H,101,120)(H,102,122)(H,103,124)(H,104,126)(H,105,127)(H,106,117)(H,107,116)(H,108,121)(H,112,113)(H4,89,90,95)(H4,91,92,96)/b17-16-/t51?,55-,56-,57-,58-,59-,60-,61-,62-,63-,66-,67?,68-/m0/s1. The SMILES string of the molecule is CCC(C)[C@H](NC(=O)[C@H](Cc1ccccc1)NC(=O)[C@H](CC(=O)O)NC(=O)[C@H](CO)NC(=O)OC(C)(C)C)C(=O)N[C@@H](CCC(N)=O)C(=O)N[C@H](C(=O)NCC/C=C\CCNC(=O)[C@H](CCCNC(=N)N)NC(=O)[C@H](CCCNC(=N)N)NC(=O)[C@H](Cc1ccc(O)cc1)NC(=O)[C@H](CC(C)C)NC(=O)C(NC(=O)[C@H](CCCCN)NC(=O)OC(C)(C)C)C(C)C)C(C)C. The lowest BCUT2D eigenvalue weighted by atomic mass is 9.96. The van der Waals surface area contributed by atoms with E-state index in [0.717, 1.165) is 0 Å². The number of aliphatic hydroxyl groups is 1. The van der Waals surface area contributed by atoms with E-state index in [4.69, 9.17) is 43.2 Å². The Bertz CT molecular complexity index is 4050. The van der Waals surface area contributed by atoms with Crippen LogP contribution >= 0.6 is 0 Å². The average Bonchev–Trinajstić information content (AvgIpc) is 0.847. The number of hydrogen-bond donors (Lipinski definition) is 25. The van der Waals surface area contributed by atoms with E-state index in [1.165, 1.54) is 24.3 Å². The lowest BCUT2D eigenvalue weighted by Gasteiger charge is -2.30. The summed E-state index contributed by atoms with van der Waals surface area (Å²) in [4.78, 5) is 221. The van der Waals surface area contributed by atoms with E-state index in [2.05, 4.69) is 85.1 Å². The Morgan fingerprint density at radius 3 is 1.25 bits per heavy atom. The first-order chi connectivity index (χ1) is 60.5. The zero-order chi connectivity index (χ0) is 97.4. The van der Waals surface area contributed by atoms with Crippen molar-refractivity contribution in [1.29, 1.82) is 10.8 Å². The van der Waals surface area contributed by atoms with Crippen molar-refractivity contribution in [3.63, 3.8) is 0 Å². The second-order valence-corrected chi connectivity index (χ2v) is 34.5. The summed E-state index contributed by atoms with van der Waals surface area (Å²) < 4.78 is 10.6. The normalized spacial score (nSPS) is 14.4. The summed E-state index contributed by atoms with van der Waals surface area (Å²) in [6.07, 6.45) is 1.16. The van der Waals surface area contributed by atoms with Gasteiger partial charge in [-0.1, -0.05) is 116 Å². The lowest BCUT2D eigenvalue weighted by Crippen LogP contribution is -2.61. The molecule has 43 nitrogen and oxygen atoms in total. The first-order valence-electron chi connectivity index (χ1n) is 43.5. The maximum Gasteiger partial charge on any atom is 0.408 e. The van der Waals surface area contributed by atoms with Crippen molar-refractivity contribution in [3.8, 4) is 5.75 Å². The third-order valence-corrected chi connectivity index (χ3v) is 19.6. The van der Waals surface area contributed by atoms with Gasteiger partial charge in [0.2, 0.25) is 76.8 Å². The average molecular weight is 1820 g/mol. The van der Waals surface area contributed by atoms with Crippen molar-refractivity contribution in [2.24, 2.45) is 46.6 Å². The van der Waals surface area contributed by atoms with Crippen LogP contribution < -0.4 is 108 Å². The highest BCUT2D eigenvalue weighted by Crippen LogP contribution is 2.19. The van der Waals surface area contributed by atoms with Crippen LogP contribution in [0.4, 0.5) is 9.59 Å². The Hall–Kier alpha value is -12.4. The van der Waals surface area contributed by atoms with E-state index < -0.39 is 216 Å². The fraction of sp³-hybridized carbons (Fsp3) is 0.628. The molecular formula is C86H142N22O21. The Morgan fingerprint density at radius 2 is 0.791 bits per heavy atom. The fourth-order valence-electron chi connectivity index (χ4n) is 12.7. The summed E-state index contributed by atoms with van der Waals surface area (Å²) in [5.74, 6) is -15.8. The predicted molar refractivity (Wildman–Crippen MR) is 480 cm³/mol. The number of carboxylic acids is 1. The van der Waals surface area contributed by atoms with Crippen LogP contribution in [0.3, 0.4) is 0 Å². The minimum atomic E-state index is -1.90. The molecule has 722 valence electrons. The lowest BCUT2D eigenvalue weighted by molar-refractivity contribution is -0.141. The van der Waals surface area contributed by atoms with E-state index >= 15 is 0 Å². The number of aliphatic carboxylic acids is 1. The first kappa shape index (κ1) is 113. The highest BCUT2D eigenvalue weighted by atomic mass is 16.6. The van der Waals surface area contributed by atoms with Gasteiger partial charge in [-0.25, -0.2) is 9.59 Å². The van der Waals surface area contributed by atoms with Gasteiger partial charge in [-0.15, -0.1) is 0 Å². The van der Waals surface area contributed by atoms with Gasteiger partial charge < -0.3 is 133 Å². The molecule has 2 unspecified atom stereocenters. The number of aliphatic hydroxyl groups excluding tert-OH is 1. The van der Waals surface area contributed by atoms with Gasteiger partial charge >= 0.3 is 18.2 Å². The monoisotopic (exact) mass is 1820 g/mol. The van der Waals surface area contributed by atoms with Gasteiger partial charge in [0.1, 0.15) is 89.5 Å². The number of alkyl carbamates (subject to hydrolysis) is 2. The van der Waals surface area contributed by atoms with Crippen LogP contribution in [0, 0.1) is 34.5 Å². The van der Waals surface area contributed by atoms with Gasteiger partial charge in [0.25, 0.3) is 0 Å². The molecule has 0 radical (unpaired) electrons. The smallest absolute Gasteiger partial charge is 0.408 e. The topological polar surface area (TPSA) is 697 Å².